The number of benzene rings is 1. The zero-order valence-electron chi connectivity index (χ0n) is 12.7. The molecular weight excluding hydrogens is 355 g/mol. The average molecular weight is 375 g/mol. The SMILES string of the molecule is Cl.O=S(c1nccs1)C1CCN(CCc2ccc(F)cc2)CC1. The Morgan fingerprint density at radius 3 is 2.57 bits per heavy atom. The van der Waals surface area contributed by atoms with Crippen molar-refractivity contribution in [1.82, 2.24) is 9.88 Å². The molecule has 126 valence electrons. The maximum Gasteiger partial charge on any atom is 0.180 e. The van der Waals surface area contributed by atoms with Gasteiger partial charge in [-0.3, -0.25) is 4.21 Å². The lowest BCUT2D eigenvalue weighted by Crippen LogP contribution is -2.38. The summed E-state index contributed by atoms with van der Waals surface area (Å²) < 4.78 is 26.0. The van der Waals surface area contributed by atoms with E-state index < -0.39 is 10.8 Å². The molecule has 0 amide bonds. The lowest BCUT2D eigenvalue weighted by molar-refractivity contribution is 0.234. The van der Waals surface area contributed by atoms with Crippen LogP contribution in [0.1, 0.15) is 18.4 Å². The summed E-state index contributed by atoms with van der Waals surface area (Å²) in [6.07, 6.45) is 4.56. The predicted molar refractivity (Wildman–Crippen MR) is 95.3 cm³/mol. The first-order valence-electron chi connectivity index (χ1n) is 7.49. The van der Waals surface area contributed by atoms with Gasteiger partial charge in [0, 0.05) is 23.4 Å². The minimum absolute atomic E-state index is 0. The van der Waals surface area contributed by atoms with E-state index in [2.05, 4.69) is 9.88 Å². The van der Waals surface area contributed by atoms with Gasteiger partial charge in [-0.15, -0.1) is 23.7 Å². The molecule has 1 saturated heterocycles. The number of rotatable bonds is 5. The fourth-order valence-electron chi connectivity index (χ4n) is 2.74. The molecule has 3 nitrogen and oxygen atoms in total. The first kappa shape index (κ1) is 18.5. The van der Waals surface area contributed by atoms with Crippen LogP contribution in [0.15, 0.2) is 40.2 Å². The van der Waals surface area contributed by atoms with Crippen LogP contribution >= 0.6 is 23.7 Å². The first-order chi connectivity index (χ1) is 10.7. The minimum atomic E-state index is -0.957. The number of hydrogen-bond donors (Lipinski definition) is 0. The molecule has 3 rings (SSSR count). The largest absolute Gasteiger partial charge is 0.303 e. The summed E-state index contributed by atoms with van der Waals surface area (Å²) in [6.45, 7) is 2.92. The molecule has 0 radical (unpaired) electrons. The van der Waals surface area contributed by atoms with Crippen LogP contribution in [0.5, 0.6) is 0 Å². The van der Waals surface area contributed by atoms with Crippen molar-refractivity contribution >= 4 is 34.5 Å². The molecule has 2 heterocycles. The van der Waals surface area contributed by atoms with Crippen LogP contribution in [-0.4, -0.2) is 39.0 Å². The third-order valence-electron chi connectivity index (χ3n) is 4.05. The van der Waals surface area contributed by atoms with E-state index >= 15 is 0 Å². The van der Waals surface area contributed by atoms with Crippen molar-refractivity contribution in [2.45, 2.75) is 28.9 Å². The fourth-order valence-corrected chi connectivity index (χ4v) is 5.14. The van der Waals surface area contributed by atoms with Crippen molar-refractivity contribution in [3.8, 4) is 0 Å². The smallest absolute Gasteiger partial charge is 0.180 e. The highest BCUT2D eigenvalue weighted by Gasteiger charge is 2.25. The predicted octanol–water partition coefficient (Wildman–Crippen LogP) is 3.52. The molecule has 1 aliphatic rings. The van der Waals surface area contributed by atoms with E-state index in [0.29, 0.717) is 0 Å². The van der Waals surface area contributed by atoms with E-state index in [4.69, 9.17) is 0 Å². The zero-order valence-corrected chi connectivity index (χ0v) is 15.1. The second-order valence-corrected chi connectivity index (χ2v) is 8.31. The van der Waals surface area contributed by atoms with E-state index in [0.717, 1.165) is 48.8 Å². The number of hydrogen-bond acceptors (Lipinski definition) is 4. The Kier molecular flexibility index (Phi) is 7.14. The summed E-state index contributed by atoms with van der Waals surface area (Å²) in [5.74, 6) is -0.186. The monoisotopic (exact) mass is 374 g/mol. The number of likely N-dealkylation sites (tertiary alicyclic amines) is 1. The van der Waals surface area contributed by atoms with Gasteiger partial charge in [0.05, 0.1) is 10.8 Å². The fraction of sp³-hybridized carbons (Fsp3) is 0.438. The molecule has 1 unspecified atom stereocenters. The zero-order chi connectivity index (χ0) is 15.4. The number of halogens is 2. The Balaban J connectivity index is 0.00000192. The molecule has 7 heteroatoms. The maximum atomic E-state index is 12.9. The highest BCUT2D eigenvalue weighted by molar-refractivity contribution is 7.87. The number of aromatic nitrogens is 1. The van der Waals surface area contributed by atoms with Crippen molar-refractivity contribution in [2.75, 3.05) is 19.6 Å². The third-order valence-corrected chi connectivity index (χ3v) is 6.92. The average Bonchev–Trinajstić information content (AvgIpc) is 3.09. The minimum Gasteiger partial charge on any atom is -0.303 e. The maximum absolute atomic E-state index is 12.9. The van der Waals surface area contributed by atoms with E-state index in [1.807, 2.05) is 17.5 Å². The Bertz CT molecular complexity index is 614. The quantitative estimate of drug-likeness (QED) is 0.802. The van der Waals surface area contributed by atoms with Gasteiger partial charge >= 0.3 is 0 Å². The van der Waals surface area contributed by atoms with E-state index in [9.17, 15) is 8.60 Å². The highest BCUT2D eigenvalue weighted by Crippen LogP contribution is 2.22. The summed E-state index contributed by atoms with van der Waals surface area (Å²) in [6, 6.07) is 6.72. The van der Waals surface area contributed by atoms with Gasteiger partial charge in [-0.25, -0.2) is 9.37 Å². The molecule has 1 aromatic carbocycles. The molecule has 0 aliphatic carbocycles. The highest BCUT2D eigenvalue weighted by atomic mass is 35.5. The van der Waals surface area contributed by atoms with Crippen molar-refractivity contribution in [2.24, 2.45) is 0 Å². The molecule has 2 aromatic rings. The molecule has 23 heavy (non-hydrogen) atoms. The standard InChI is InChI=1S/C16H19FN2OS2.ClH/c17-14-3-1-13(2-4-14)5-9-19-10-6-15(7-11-19)22(20)16-18-8-12-21-16;/h1-4,8,12,15H,5-7,9-11H2;1H. The Morgan fingerprint density at radius 2 is 1.96 bits per heavy atom. The Labute approximate surface area is 148 Å². The van der Waals surface area contributed by atoms with Crippen molar-refractivity contribution < 1.29 is 8.60 Å². The van der Waals surface area contributed by atoms with E-state index in [-0.39, 0.29) is 23.5 Å². The van der Waals surface area contributed by atoms with E-state index in [1.54, 1.807) is 6.20 Å². The Hall–Kier alpha value is -0.820. The molecule has 1 fully saturated rings. The first-order valence-corrected chi connectivity index (χ1v) is 9.58. The Morgan fingerprint density at radius 1 is 1.26 bits per heavy atom. The second-order valence-electron chi connectivity index (χ2n) is 5.51. The van der Waals surface area contributed by atoms with Crippen molar-refractivity contribution in [3.63, 3.8) is 0 Å². The summed E-state index contributed by atoms with van der Waals surface area (Å²) >= 11 is 1.48. The van der Waals surface area contributed by atoms with Crippen LogP contribution in [0, 0.1) is 5.82 Å². The van der Waals surface area contributed by atoms with Gasteiger partial charge < -0.3 is 4.90 Å². The molecular formula is C16H20ClFN2OS2. The van der Waals surface area contributed by atoms with Crippen LogP contribution in [0.2, 0.25) is 0 Å². The van der Waals surface area contributed by atoms with Gasteiger partial charge in [0.25, 0.3) is 0 Å². The summed E-state index contributed by atoms with van der Waals surface area (Å²) in [5.41, 5.74) is 1.16. The molecule has 1 aliphatic heterocycles. The molecule has 1 atom stereocenters. The third kappa shape index (κ3) is 5.08. The van der Waals surface area contributed by atoms with Gasteiger partial charge in [0.1, 0.15) is 5.82 Å². The molecule has 0 bridgehead atoms. The molecule has 0 saturated carbocycles. The van der Waals surface area contributed by atoms with Gasteiger partial charge in [-0.1, -0.05) is 12.1 Å². The van der Waals surface area contributed by atoms with Gasteiger partial charge in [0.2, 0.25) is 0 Å². The van der Waals surface area contributed by atoms with Gasteiger partial charge in [0.15, 0.2) is 4.34 Å². The topological polar surface area (TPSA) is 33.2 Å². The molecule has 1 aromatic heterocycles. The second kappa shape index (κ2) is 8.87. The van der Waals surface area contributed by atoms with Crippen LogP contribution in [0.25, 0.3) is 0 Å². The van der Waals surface area contributed by atoms with Gasteiger partial charge in [-0.05, 0) is 50.0 Å². The lowest BCUT2D eigenvalue weighted by atomic mass is 10.1. The molecule has 0 spiro atoms. The normalized spacial score (nSPS) is 17.6. The summed E-state index contributed by atoms with van der Waals surface area (Å²) in [7, 11) is -0.957. The van der Waals surface area contributed by atoms with E-state index in [1.165, 1.54) is 23.5 Å². The van der Waals surface area contributed by atoms with Gasteiger partial charge in [-0.2, -0.15) is 0 Å². The van der Waals surface area contributed by atoms with Crippen LogP contribution < -0.4 is 0 Å². The number of nitrogens with zero attached hydrogens (tertiary/aromatic N) is 2. The summed E-state index contributed by atoms with van der Waals surface area (Å²) in [5, 5.41) is 2.11. The number of thiazole rings is 1. The lowest BCUT2D eigenvalue weighted by Gasteiger charge is -2.31. The van der Waals surface area contributed by atoms with Crippen LogP contribution in [0.4, 0.5) is 4.39 Å². The number of piperidine rings is 1. The van der Waals surface area contributed by atoms with Crippen LogP contribution in [-0.2, 0) is 17.2 Å². The summed E-state index contributed by atoms with van der Waals surface area (Å²) in [4.78, 5) is 6.57. The van der Waals surface area contributed by atoms with Crippen molar-refractivity contribution in [3.05, 3.63) is 47.2 Å². The molecule has 0 N–H and O–H groups in total. The van der Waals surface area contributed by atoms with Crippen molar-refractivity contribution in [1.29, 1.82) is 0 Å². The van der Waals surface area contributed by atoms with Crippen LogP contribution in [0.3, 0.4) is 0 Å².